The molecule has 0 unspecified atom stereocenters. The smallest absolute Gasteiger partial charge is 0.309 e. The first kappa shape index (κ1) is 10.4. The number of pyridine rings is 1. The van der Waals surface area contributed by atoms with Crippen LogP contribution >= 0.6 is 0 Å². The van der Waals surface area contributed by atoms with Gasteiger partial charge in [-0.05, 0) is 13.0 Å². The van der Waals surface area contributed by atoms with Crippen molar-refractivity contribution in [3.63, 3.8) is 0 Å². The average Bonchev–Trinajstić information content (AvgIpc) is 2.59. The number of ether oxygens (including phenoxy) is 1. The summed E-state index contributed by atoms with van der Waals surface area (Å²) in [7, 11) is 0. The zero-order valence-corrected chi connectivity index (χ0v) is 8.90. The summed E-state index contributed by atoms with van der Waals surface area (Å²) in [6.07, 6.45) is 1.59. The molecule has 0 saturated heterocycles. The van der Waals surface area contributed by atoms with Crippen LogP contribution < -0.4 is 4.74 Å². The maximum Gasteiger partial charge on any atom is 0.309 e. The maximum absolute atomic E-state index is 11.3. The first-order valence-electron chi connectivity index (χ1n) is 4.75. The molecule has 0 aliphatic carbocycles. The molecular weight excluding hydrogens is 208 g/mol. The van der Waals surface area contributed by atoms with Gasteiger partial charge >= 0.3 is 5.97 Å². The van der Waals surface area contributed by atoms with E-state index in [1.54, 1.807) is 18.3 Å². The van der Waals surface area contributed by atoms with Crippen LogP contribution in [-0.2, 0) is 4.79 Å². The Hall–Kier alpha value is -2.17. The molecule has 0 radical (unpaired) electrons. The molecule has 5 heteroatoms. The monoisotopic (exact) mass is 218 g/mol. The second kappa shape index (κ2) is 3.77. The van der Waals surface area contributed by atoms with E-state index < -0.39 is 5.97 Å². The summed E-state index contributed by atoms with van der Waals surface area (Å²) < 4.78 is 4.84. The number of esters is 1. The number of nitrogens with zero attached hydrogens (tertiary/aromatic N) is 1. The Bertz CT molecular complexity index is 572. The Morgan fingerprint density at radius 2 is 2.06 bits per heavy atom. The predicted octanol–water partition coefficient (Wildman–Crippen LogP) is 1.69. The van der Waals surface area contributed by atoms with Gasteiger partial charge in [0.05, 0.1) is 0 Å². The van der Waals surface area contributed by atoms with Gasteiger partial charge in [0.25, 0.3) is 0 Å². The van der Waals surface area contributed by atoms with Crippen molar-refractivity contribution in [3.8, 4) is 5.88 Å². The molecule has 0 aromatic carbocycles. The highest BCUT2D eigenvalue weighted by Gasteiger charge is 2.10. The number of hydrogen-bond donors (Lipinski definition) is 1. The van der Waals surface area contributed by atoms with Gasteiger partial charge in [-0.2, -0.15) is 4.98 Å². The fourth-order valence-corrected chi connectivity index (χ4v) is 1.48. The summed E-state index contributed by atoms with van der Waals surface area (Å²) in [5, 5.41) is 0.725. The third kappa shape index (κ3) is 1.79. The summed E-state index contributed by atoms with van der Waals surface area (Å²) in [4.78, 5) is 28.9. The van der Waals surface area contributed by atoms with Crippen LogP contribution in [0, 0.1) is 0 Å². The van der Waals surface area contributed by atoms with E-state index in [1.807, 2.05) is 0 Å². The molecular formula is C11H10N2O3. The summed E-state index contributed by atoms with van der Waals surface area (Å²) in [6.45, 7) is 2.80. The number of H-pyrrole nitrogens is 1. The number of fused-ring (bicyclic) bond motifs is 1. The van der Waals surface area contributed by atoms with E-state index in [-0.39, 0.29) is 11.7 Å². The maximum atomic E-state index is 11.3. The van der Waals surface area contributed by atoms with Crippen molar-refractivity contribution in [2.75, 3.05) is 0 Å². The molecule has 5 nitrogen and oxygen atoms in total. The number of hydrogen-bond acceptors (Lipinski definition) is 4. The number of carbonyl (C=O) groups excluding carboxylic acids is 2. The van der Waals surface area contributed by atoms with Crippen LogP contribution in [0.25, 0.3) is 11.0 Å². The molecule has 0 amide bonds. The highest BCUT2D eigenvalue weighted by atomic mass is 16.5. The number of ketones is 1. The second-order valence-electron chi connectivity index (χ2n) is 3.40. The molecule has 2 aromatic heterocycles. The van der Waals surface area contributed by atoms with Crippen molar-refractivity contribution in [1.29, 1.82) is 0 Å². The van der Waals surface area contributed by atoms with Gasteiger partial charge in [-0.1, -0.05) is 0 Å². The van der Waals surface area contributed by atoms with Crippen molar-refractivity contribution in [3.05, 3.63) is 23.9 Å². The number of carbonyl (C=O) groups is 2. The Labute approximate surface area is 91.4 Å². The third-order valence-corrected chi connectivity index (χ3v) is 2.14. The SMILES string of the molecule is CC(=O)Oc1ccc2c(C(C)=O)c[nH]c2n1. The topological polar surface area (TPSA) is 72.1 Å². The van der Waals surface area contributed by atoms with E-state index >= 15 is 0 Å². The van der Waals surface area contributed by atoms with Crippen LogP contribution in [0.4, 0.5) is 0 Å². The highest BCUT2D eigenvalue weighted by Crippen LogP contribution is 2.20. The van der Waals surface area contributed by atoms with Crippen molar-refractivity contribution in [2.24, 2.45) is 0 Å². The van der Waals surface area contributed by atoms with E-state index in [0.29, 0.717) is 11.2 Å². The zero-order chi connectivity index (χ0) is 11.7. The standard InChI is InChI=1S/C11H10N2O3/c1-6(14)9-5-12-11-8(9)3-4-10(13-11)16-7(2)15/h3-5H,1-2H3,(H,12,13). The van der Waals surface area contributed by atoms with Crippen LogP contribution in [0.15, 0.2) is 18.3 Å². The van der Waals surface area contributed by atoms with Gasteiger partial charge in [0.1, 0.15) is 5.65 Å². The van der Waals surface area contributed by atoms with Crippen LogP contribution in [0.3, 0.4) is 0 Å². The van der Waals surface area contributed by atoms with E-state index in [0.717, 1.165) is 5.39 Å². The van der Waals surface area contributed by atoms with Gasteiger partial charge < -0.3 is 9.72 Å². The summed E-state index contributed by atoms with van der Waals surface area (Å²) in [6, 6.07) is 3.26. The molecule has 2 heterocycles. The Morgan fingerprint density at radius 3 is 2.69 bits per heavy atom. The van der Waals surface area contributed by atoms with Crippen molar-refractivity contribution >= 4 is 22.8 Å². The molecule has 0 saturated carbocycles. The van der Waals surface area contributed by atoms with Gasteiger partial charge in [0, 0.05) is 30.1 Å². The van der Waals surface area contributed by atoms with Gasteiger partial charge in [-0.15, -0.1) is 0 Å². The van der Waals surface area contributed by atoms with Crippen LogP contribution in [-0.4, -0.2) is 21.7 Å². The lowest BCUT2D eigenvalue weighted by atomic mass is 10.1. The van der Waals surface area contributed by atoms with Crippen LogP contribution in [0.2, 0.25) is 0 Å². The van der Waals surface area contributed by atoms with E-state index in [9.17, 15) is 9.59 Å². The lowest BCUT2D eigenvalue weighted by molar-refractivity contribution is -0.132. The van der Waals surface area contributed by atoms with Crippen molar-refractivity contribution in [1.82, 2.24) is 9.97 Å². The molecule has 0 aliphatic heterocycles. The quantitative estimate of drug-likeness (QED) is 0.615. The average molecular weight is 218 g/mol. The Morgan fingerprint density at radius 1 is 1.31 bits per heavy atom. The molecule has 0 aliphatic rings. The molecule has 0 spiro atoms. The van der Waals surface area contributed by atoms with Crippen LogP contribution in [0.1, 0.15) is 24.2 Å². The fourth-order valence-electron chi connectivity index (χ4n) is 1.48. The van der Waals surface area contributed by atoms with E-state index in [1.165, 1.54) is 13.8 Å². The molecule has 0 atom stereocenters. The minimum absolute atomic E-state index is 0.0340. The molecule has 0 bridgehead atoms. The van der Waals surface area contributed by atoms with E-state index in [2.05, 4.69) is 9.97 Å². The molecule has 2 aromatic rings. The number of aromatic amines is 1. The van der Waals surface area contributed by atoms with Gasteiger partial charge in [-0.3, -0.25) is 9.59 Å². The van der Waals surface area contributed by atoms with E-state index in [4.69, 9.17) is 4.74 Å². The first-order chi connectivity index (χ1) is 7.58. The number of rotatable bonds is 2. The van der Waals surface area contributed by atoms with Gasteiger partial charge in [0.15, 0.2) is 5.78 Å². The number of nitrogens with one attached hydrogen (secondary N) is 1. The second-order valence-corrected chi connectivity index (χ2v) is 3.40. The largest absolute Gasteiger partial charge is 0.408 e. The zero-order valence-electron chi connectivity index (χ0n) is 8.90. The fraction of sp³-hybridized carbons (Fsp3) is 0.182. The van der Waals surface area contributed by atoms with Gasteiger partial charge in [-0.25, -0.2) is 0 Å². The molecule has 1 N–H and O–H groups in total. The third-order valence-electron chi connectivity index (χ3n) is 2.14. The van der Waals surface area contributed by atoms with Gasteiger partial charge in [0.2, 0.25) is 5.88 Å². The Kier molecular flexibility index (Phi) is 2.44. The molecule has 0 fully saturated rings. The predicted molar refractivity (Wildman–Crippen MR) is 57.4 cm³/mol. The molecule has 82 valence electrons. The summed E-state index contributed by atoms with van der Waals surface area (Å²) in [5.41, 5.74) is 1.11. The minimum Gasteiger partial charge on any atom is -0.408 e. The lowest BCUT2D eigenvalue weighted by Gasteiger charge is -1.99. The van der Waals surface area contributed by atoms with Crippen molar-refractivity contribution < 1.29 is 14.3 Å². The van der Waals surface area contributed by atoms with Crippen molar-refractivity contribution in [2.45, 2.75) is 13.8 Å². The lowest BCUT2D eigenvalue weighted by Crippen LogP contribution is -2.02. The molecule has 2 rings (SSSR count). The number of aromatic nitrogens is 2. The first-order valence-corrected chi connectivity index (χ1v) is 4.75. The molecule has 16 heavy (non-hydrogen) atoms. The summed E-state index contributed by atoms with van der Waals surface area (Å²) in [5.74, 6) is -0.240. The number of Topliss-reactive ketones (excluding diaryl/α,β-unsaturated/α-hetero) is 1. The Balaban J connectivity index is 2.49. The summed E-state index contributed by atoms with van der Waals surface area (Å²) >= 11 is 0. The normalized spacial score (nSPS) is 10.4. The van der Waals surface area contributed by atoms with Crippen LogP contribution in [0.5, 0.6) is 5.88 Å². The highest BCUT2D eigenvalue weighted by molar-refractivity contribution is 6.05. The minimum atomic E-state index is -0.426.